The lowest BCUT2D eigenvalue weighted by Crippen LogP contribution is -2.51. The number of nitro groups is 1. The van der Waals surface area contributed by atoms with Crippen LogP contribution in [0, 0.1) is 21.4 Å². The lowest BCUT2D eigenvalue weighted by Gasteiger charge is -2.34. The van der Waals surface area contributed by atoms with E-state index >= 15 is 0 Å². The van der Waals surface area contributed by atoms with Crippen molar-refractivity contribution in [3.05, 3.63) is 38.3 Å². The van der Waals surface area contributed by atoms with Crippen molar-refractivity contribution >= 4 is 17.7 Å². The van der Waals surface area contributed by atoms with Crippen LogP contribution in [-0.2, 0) is 16.1 Å². The van der Waals surface area contributed by atoms with Crippen LogP contribution in [0.3, 0.4) is 0 Å². The first-order valence-corrected chi connectivity index (χ1v) is 7.85. The molecule has 2 heterocycles. The zero-order chi connectivity index (χ0) is 19.3. The molecule has 0 radical (unpaired) electrons. The summed E-state index contributed by atoms with van der Waals surface area (Å²) in [5.74, 6) is -0.431. The molecule has 2 rings (SSSR count). The number of nitrogens with zero attached hydrogens (tertiary/aromatic N) is 5. The van der Waals surface area contributed by atoms with Gasteiger partial charge in [-0.15, -0.1) is 0 Å². The largest absolute Gasteiger partial charge is 0.450 e. The Hall–Kier alpha value is -3.42. The van der Waals surface area contributed by atoms with Crippen LogP contribution in [0.1, 0.15) is 12.5 Å². The number of carbonyl (C=O) groups excluding carboxylic acids is 2. The number of ether oxygens (including phenoxy) is 1. The minimum atomic E-state index is -0.767. The van der Waals surface area contributed by atoms with Gasteiger partial charge in [0, 0.05) is 32.2 Å². The molecule has 1 aliphatic rings. The molecular formula is C15H17N5O6. The second-order valence-electron chi connectivity index (χ2n) is 5.48. The van der Waals surface area contributed by atoms with E-state index in [-0.39, 0.29) is 32.8 Å². The average Bonchev–Trinajstić information content (AvgIpc) is 2.63. The lowest BCUT2D eigenvalue weighted by molar-refractivity contribution is -0.385. The van der Waals surface area contributed by atoms with Crippen molar-refractivity contribution in [2.24, 2.45) is 0 Å². The Kier molecular flexibility index (Phi) is 5.90. The minimum absolute atomic E-state index is 0.256. The molecular weight excluding hydrogens is 346 g/mol. The number of hydrogen-bond donors (Lipinski definition) is 0. The smallest absolute Gasteiger partial charge is 0.409 e. The molecule has 2 amide bonds. The molecule has 0 bridgehead atoms. The summed E-state index contributed by atoms with van der Waals surface area (Å²) in [5.41, 5.74) is -1.61. The summed E-state index contributed by atoms with van der Waals surface area (Å²) >= 11 is 0. The van der Waals surface area contributed by atoms with Crippen LogP contribution < -0.4 is 5.56 Å². The number of rotatable bonds is 4. The maximum Gasteiger partial charge on any atom is 0.409 e. The van der Waals surface area contributed by atoms with Crippen LogP contribution in [0.4, 0.5) is 10.5 Å². The van der Waals surface area contributed by atoms with Gasteiger partial charge in [-0.25, -0.2) is 4.79 Å². The van der Waals surface area contributed by atoms with Gasteiger partial charge in [-0.3, -0.25) is 24.3 Å². The number of pyridine rings is 1. The van der Waals surface area contributed by atoms with E-state index in [0.29, 0.717) is 0 Å². The van der Waals surface area contributed by atoms with E-state index in [2.05, 4.69) is 0 Å². The summed E-state index contributed by atoms with van der Waals surface area (Å²) in [7, 11) is 0. The zero-order valence-corrected chi connectivity index (χ0v) is 14.1. The molecule has 1 saturated heterocycles. The van der Waals surface area contributed by atoms with Gasteiger partial charge in [0.15, 0.2) is 0 Å². The van der Waals surface area contributed by atoms with Crippen molar-refractivity contribution in [3.63, 3.8) is 0 Å². The van der Waals surface area contributed by atoms with Gasteiger partial charge in [0.05, 0.1) is 17.7 Å². The Bertz CT molecular complexity index is 819. The molecule has 0 saturated carbocycles. The molecule has 1 fully saturated rings. The van der Waals surface area contributed by atoms with Crippen LogP contribution in [0.25, 0.3) is 0 Å². The number of aromatic nitrogens is 1. The highest BCUT2D eigenvalue weighted by Gasteiger charge is 2.25. The molecule has 0 N–H and O–H groups in total. The van der Waals surface area contributed by atoms with Gasteiger partial charge in [-0.1, -0.05) is 0 Å². The Morgan fingerprint density at radius 1 is 1.31 bits per heavy atom. The van der Waals surface area contributed by atoms with Crippen molar-refractivity contribution < 1.29 is 19.2 Å². The van der Waals surface area contributed by atoms with Gasteiger partial charge in [0.1, 0.15) is 18.2 Å². The van der Waals surface area contributed by atoms with Crippen molar-refractivity contribution in [1.29, 1.82) is 5.26 Å². The van der Waals surface area contributed by atoms with E-state index in [1.165, 1.54) is 9.80 Å². The number of hydrogen-bond acceptors (Lipinski definition) is 7. The van der Waals surface area contributed by atoms with Gasteiger partial charge in [0.2, 0.25) is 5.91 Å². The van der Waals surface area contributed by atoms with Crippen LogP contribution >= 0.6 is 0 Å². The van der Waals surface area contributed by atoms with Crippen LogP contribution in [0.15, 0.2) is 17.1 Å². The second kappa shape index (κ2) is 8.11. The van der Waals surface area contributed by atoms with E-state index in [0.717, 1.165) is 16.8 Å². The predicted molar refractivity (Wildman–Crippen MR) is 87.2 cm³/mol. The summed E-state index contributed by atoms with van der Waals surface area (Å²) in [5, 5.41) is 19.8. The first kappa shape index (κ1) is 18.9. The number of piperazine rings is 1. The summed E-state index contributed by atoms with van der Waals surface area (Å²) in [6, 6.07) is 2.47. The van der Waals surface area contributed by atoms with Gasteiger partial charge in [-0.05, 0) is 6.92 Å². The number of nitriles is 1. The third-order valence-electron chi connectivity index (χ3n) is 3.87. The Morgan fingerprint density at radius 3 is 2.46 bits per heavy atom. The average molecular weight is 363 g/mol. The quantitative estimate of drug-likeness (QED) is 0.539. The Balaban J connectivity index is 2.08. The normalized spacial score (nSPS) is 13.8. The summed E-state index contributed by atoms with van der Waals surface area (Å²) in [6.07, 6.45) is 0.490. The Morgan fingerprint density at radius 2 is 1.92 bits per heavy atom. The number of amides is 2. The zero-order valence-electron chi connectivity index (χ0n) is 14.1. The first-order valence-electron chi connectivity index (χ1n) is 7.85. The maximum absolute atomic E-state index is 12.4. The molecule has 26 heavy (non-hydrogen) atoms. The van der Waals surface area contributed by atoms with Crippen LogP contribution in [-0.4, -0.2) is 64.1 Å². The predicted octanol–water partition coefficient (Wildman–Crippen LogP) is -0.0711. The molecule has 1 aromatic rings. The fourth-order valence-electron chi connectivity index (χ4n) is 2.52. The Labute approximate surface area is 148 Å². The maximum atomic E-state index is 12.4. The molecule has 11 nitrogen and oxygen atoms in total. The SMILES string of the molecule is CCOC(=O)N1CCN(C(=O)Cn2cc([N+](=O)[O-])cc(C#N)c2=O)CC1. The highest BCUT2D eigenvalue weighted by Crippen LogP contribution is 2.11. The fourth-order valence-corrected chi connectivity index (χ4v) is 2.52. The van der Waals surface area contributed by atoms with E-state index in [1.54, 1.807) is 13.0 Å². The highest BCUT2D eigenvalue weighted by atomic mass is 16.6. The third kappa shape index (κ3) is 4.15. The molecule has 1 aliphatic heterocycles. The van der Waals surface area contributed by atoms with Crippen LogP contribution in [0.2, 0.25) is 0 Å². The molecule has 1 aromatic heterocycles. The highest BCUT2D eigenvalue weighted by molar-refractivity contribution is 5.76. The van der Waals surface area contributed by atoms with Gasteiger partial charge < -0.3 is 14.5 Å². The van der Waals surface area contributed by atoms with Crippen molar-refractivity contribution in [1.82, 2.24) is 14.4 Å². The topological polar surface area (TPSA) is 139 Å². The van der Waals surface area contributed by atoms with Gasteiger partial charge in [-0.2, -0.15) is 5.26 Å². The van der Waals surface area contributed by atoms with Crippen molar-refractivity contribution in [3.8, 4) is 6.07 Å². The minimum Gasteiger partial charge on any atom is -0.450 e. The molecule has 138 valence electrons. The van der Waals surface area contributed by atoms with E-state index in [9.17, 15) is 24.5 Å². The summed E-state index contributed by atoms with van der Waals surface area (Å²) in [6.45, 7) is 2.63. The summed E-state index contributed by atoms with van der Waals surface area (Å²) in [4.78, 5) is 49.2. The summed E-state index contributed by atoms with van der Waals surface area (Å²) < 4.78 is 5.75. The molecule has 0 aliphatic carbocycles. The van der Waals surface area contributed by atoms with Crippen molar-refractivity contribution in [2.75, 3.05) is 32.8 Å². The first-order chi connectivity index (χ1) is 12.4. The van der Waals surface area contributed by atoms with E-state index < -0.39 is 40.3 Å². The lowest BCUT2D eigenvalue weighted by atomic mass is 10.2. The molecule has 11 heteroatoms. The second-order valence-corrected chi connectivity index (χ2v) is 5.48. The molecule has 0 unspecified atom stereocenters. The molecule has 0 aromatic carbocycles. The standard InChI is InChI=1S/C15H17N5O6/c1-2-26-15(23)18-5-3-17(4-6-18)13(21)10-19-9-12(20(24)25)7-11(8-16)14(19)22/h7,9H,2-6,10H2,1H3. The monoisotopic (exact) mass is 363 g/mol. The van der Waals surface area contributed by atoms with E-state index in [4.69, 9.17) is 10.00 Å². The number of carbonyl (C=O) groups is 2. The van der Waals surface area contributed by atoms with Gasteiger partial charge >= 0.3 is 6.09 Å². The third-order valence-corrected chi connectivity index (χ3v) is 3.87. The fraction of sp³-hybridized carbons (Fsp3) is 0.467. The van der Waals surface area contributed by atoms with Crippen molar-refractivity contribution in [2.45, 2.75) is 13.5 Å². The van der Waals surface area contributed by atoms with Crippen LogP contribution in [0.5, 0.6) is 0 Å². The molecule has 0 spiro atoms. The van der Waals surface area contributed by atoms with E-state index in [1.807, 2.05) is 0 Å². The van der Waals surface area contributed by atoms with Gasteiger partial charge in [0.25, 0.3) is 11.2 Å². The molecule has 0 atom stereocenters.